The third-order valence-electron chi connectivity index (χ3n) is 6.63. The van der Waals surface area contributed by atoms with Gasteiger partial charge in [-0.05, 0) is 51.0 Å². The number of sulfone groups is 1. The molecular weight excluding hydrogens is 464 g/mol. The third kappa shape index (κ3) is 4.44. The summed E-state index contributed by atoms with van der Waals surface area (Å²) < 4.78 is 27.9. The Balaban J connectivity index is 1.50. The summed E-state index contributed by atoms with van der Waals surface area (Å²) in [7, 11) is -3.36. The van der Waals surface area contributed by atoms with Crippen LogP contribution < -0.4 is 10.2 Å². The molecule has 3 aliphatic rings. The summed E-state index contributed by atoms with van der Waals surface area (Å²) in [5.74, 6) is 0.689. The molecule has 5 rings (SSSR count). The summed E-state index contributed by atoms with van der Waals surface area (Å²) in [6, 6.07) is 6.71. The Kier molecular flexibility index (Phi) is 5.37. The van der Waals surface area contributed by atoms with E-state index in [1.54, 1.807) is 23.0 Å². The molecule has 1 amide bonds. The molecule has 1 saturated heterocycles. The molecular formula is C22H25ClN6O3S. The van der Waals surface area contributed by atoms with Gasteiger partial charge in [0.15, 0.2) is 9.84 Å². The van der Waals surface area contributed by atoms with Crippen LogP contribution in [0.15, 0.2) is 24.4 Å². The zero-order valence-corrected chi connectivity index (χ0v) is 19.8. The lowest BCUT2D eigenvalue weighted by Crippen LogP contribution is -2.48. The highest BCUT2D eigenvalue weighted by Gasteiger charge is 2.50. The zero-order valence-electron chi connectivity index (χ0n) is 18.2. The fourth-order valence-electron chi connectivity index (χ4n) is 4.42. The lowest BCUT2D eigenvalue weighted by molar-refractivity contribution is -0.122. The number of hydrogen-bond donors (Lipinski definition) is 1. The highest BCUT2D eigenvalue weighted by molar-refractivity contribution is 7.92. The number of nitrogens with zero attached hydrogens (tertiary/aromatic N) is 5. The van der Waals surface area contributed by atoms with E-state index in [1.165, 1.54) is 0 Å². The Morgan fingerprint density at radius 3 is 2.76 bits per heavy atom. The van der Waals surface area contributed by atoms with E-state index in [2.05, 4.69) is 21.5 Å². The number of nitrogens with one attached hydrogen (secondary N) is 1. The van der Waals surface area contributed by atoms with E-state index < -0.39 is 26.7 Å². The first-order valence-corrected chi connectivity index (χ1v) is 13.2. The van der Waals surface area contributed by atoms with Gasteiger partial charge in [0.25, 0.3) is 0 Å². The Hall–Kier alpha value is -2.64. The van der Waals surface area contributed by atoms with E-state index >= 15 is 0 Å². The Morgan fingerprint density at radius 2 is 2.12 bits per heavy atom. The van der Waals surface area contributed by atoms with Gasteiger partial charge in [0.2, 0.25) is 5.91 Å². The van der Waals surface area contributed by atoms with Crippen molar-refractivity contribution in [1.29, 1.82) is 5.26 Å². The van der Waals surface area contributed by atoms with Gasteiger partial charge in [0, 0.05) is 24.9 Å². The summed E-state index contributed by atoms with van der Waals surface area (Å²) in [5.41, 5.74) is 0.553. The van der Waals surface area contributed by atoms with E-state index in [0.29, 0.717) is 29.5 Å². The van der Waals surface area contributed by atoms with Crippen molar-refractivity contribution in [2.45, 2.75) is 55.9 Å². The maximum absolute atomic E-state index is 13.3. The number of carbonyl (C=O) groups is 1. The Morgan fingerprint density at radius 1 is 1.36 bits per heavy atom. The molecule has 2 saturated carbocycles. The lowest BCUT2D eigenvalue weighted by atomic mass is 10.1. The van der Waals surface area contributed by atoms with E-state index in [1.807, 2.05) is 17.9 Å². The number of anilines is 1. The van der Waals surface area contributed by atoms with Crippen molar-refractivity contribution in [3.05, 3.63) is 35.2 Å². The first-order chi connectivity index (χ1) is 15.7. The quantitative estimate of drug-likeness (QED) is 0.593. The molecule has 1 aliphatic heterocycles. The second-order valence-corrected chi connectivity index (χ2v) is 12.1. The number of aromatic nitrogens is 3. The topological polar surface area (TPSA) is 121 Å². The first-order valence-electron chi connectivity index (χ1n) is 11.1. The predicted octanol–water partition coefficient (Wildman–Crippen LogP) is 2.17. The molecule has 3 fully saturated rings. The number of carbonyl (C=O) groups excluding carboxylic acids is 1. The van der Waals surface area contributed by atoms with Crippen molar-refractivity contribution in [3.8, 4) is 11.8 Å². The first kappa shape index (κ1) is 22.2. The number of rotatable bonds is 7. The number of pyridine rings is 1. The normalized spacial score (nSPS) is 23.8. The van der Waals surface area contributed by atoms with Crippen LogP contribution in [0.4, 0.5) is 5.82 Å². The van der Waals surface area contributed by atoms with E-state index in [0.717, 1.165) is 18.5 Å². The highest BCUT2D eigenvalue weighted by Crippen LogP contribution is 2.38. The van der Waals surface area contributed by atoms with Gasteiger partial charge in [-0.1, -0.05) is 11.6 Å². The smallest absolute Gasteiger partial charge is 0.244 e. The third-order valence-corrected chi connectivity index (χ3v) is 9.13. The standard InChI is InChI=1S/C22H25ClN6O3S/c1-14-8-20(29(27-14)16-4-7-25-19(23)9-16)28-11-17(33(31,32)12-15-2-3-15)10-18(28)21(30)26-22(13-24)5-6-22/h4,7-9,15,17-18H,2-3,5-6,10-12H2,1H3,(H,26,30). The second kappa shape index (κ2) is 7.99. The van der Waals surface area contributed by atoms with Gasteiger partial charge in [0.05, 0.1) is 28.5 Å². The van der Waals surface area contributed by atoms with Crippen LogP contribution in [0, 0.1) is 24.2 Å². The molecule has 9 nitrogen and oxygen atoms in total. The maximum Gasteiger partial charge on any atom is 0.244 e. The van der Waals surface area contributed by atoms with Gasteiger partial charge in [-0.25, -0.2) is 18.1 Å². The van der Waals surface area contributed by atoms with Crippen LogP contribution in [0.1, 0.15) is 37.8 Å². The monoisotopic (exact) mass is 488 g/mol. The summed E-state index contributed by atoms with van der Waals surface area (Å²) in [6.45, 7) is 2.03. The average molecular weight is 489 g/mol. The van der Waals surface area contributed by atoms with Crippen molar-refractivity contribution in [3.63, 3.8) is 0 Å². The van der Waals surface area contributed by atoms with Crippen LogP contribution in [0.25, 0.3) is 5.69 Å². The van der Waals surface area contributed by atoms with Gasteiger partial charge < -0.3 is 10.2 Å². The van der Waals surface area contributed by atoms with Crippen molar-refractivity contribution < 1.29 is 13.2 Å². The van der Waals surface area contributed by atoms with Gasteiger partial charge in [-0.2, -0.15) is 10.4 Å². The minimum atomic E-state index is -3.36. The molecule has 0 aromatic carbocycles. The molecule has 174 valence electrons. The fourth-order valence-corrected chi connectivity index (χ4v) is 6.72. The molecule has 2 aromatic rings. The van der Waals surface area contributed by atoms with Crippen LogP contribution in [-0.2, 0) is 14.6 Å². The lowest BCUT2D eigenvalue weighted by Gasteiger charge is -2.27. The van der Waals surface area contributed by atoms with Gasteiger partial charge in [0.1, 0.15) is 22.6 Å². The highest BCUT2D eigenvalue weighted by atomic mass is 35.5. The minimum absolute atomic E-state index is 0.167. The van der Waals surface area contributed by atoms with E-state index in [-0.39, 0.29) is 30.5 Å². The van der Waals surface area contributed by atoms with E-state index in [9.17, 15) is 18.5 Å². The SMILES string of the molecule is Cc1cc(N2CC(S(=O)(=O)CC3CC3)CC2C(=O)NC2(C#N)CC2)n(-c2ccnc(Cl)c2)n1. The van der Waals surface area contributed by atoms with E-state index in [4.69, 9.17) is 11.6 Å². The molecule has 2 aromatic heterocycles. The number of halogens is 1. The van der Waals surface area contributed by atoms with Crippen molar-refractivity contribution in [2.24, 2.45) is 5.92 Å². The van der Waals surface area contributed by atoms with Crippen LogP contribution in [-0.4, -0.2) is 58.2 Å². The van der Waals surface area contributed by atoms with Crippen molar-refractivity contribution in [2.75, 3.05) is 17.2 Å². The summed E-state index contributed by atoms with van der Waals surface area (Å²) in [6.07, 6.45) is 4.86. The van der Waals surface area contributed by atoms with Crippen LogP contribution >= 0.6 is 11.6 Å². The van der Waals surface area contributed by atoms with Gasteiger partial charge in [-0.15, -0.1) is 0 Å². The predicted molar refractivity (Wildman–Crippen MR) is 123 cm³/mol. The summed E-state index contributed by atoms with van der Waals surface area (Å²) >= 11 is 6.09. The molecule has 1 N–H and O–H groups in total. The maximum atomic E-state index is 13.3. The summed E-state index contributed by atoms with van der Waals surface area (Å²) in [5, 5.41) is 16.5. The summed E-state index contributed by atoms with van der Waals surface area (Å²) in [4.78, 5) is 19.1. The number of hydrogen-bond acceptors (Lipinski definition) is 7. The number of amides is 1. The molecule has 2 atom stereocenters. The van der Waals surface area contributed by atoms with Crippen molar-refractivity contribution >= 4 is 33.2 Å². The fraction of sp³-hybridized carbons (Fsp3) is 0.545. The molecule has 11 heteroatoms. The minimum Gasteiger partial charge on any atom is -0.343 e. The average Bonchev–Trinajstić information content (AvgIpc) is 3.65. The molecule has 0 bridgehead atoms. The number of aryl methyl sites for hydroxylation is 1. The molecule has 0 spiro atoms. The second-order valence-electron chi connectivity index (χ2n) is 9.37. The zero-order chi connectivity index (χ0) is 23.4. The Bertz CT molecular complexity index is 1250. The number of nitriles is 1. The van der Waals surface area contributed by atoms with Crippen molar-refractivity contribution in [1.82, 2.24) is 20.1 Å². The van der Waals surface area contributed by atoms with Crippen LogP contribution in [0.5, 0.6) is 0 Å². The Labute approximate surface area is 197 Å². The molecule has 2 unspecified atom stereocenters. The largest absolute Gasteiger partial charge is 0.343 e. The molecule has 33 heavy (non-hydrogen) atoms. The van der Waals surface area contributed by atoms with Crippen LogP contribution in [0.2, 0.25) is 5.15 Å². The van der Waals surface area contributed by atoms with Gasteiger partial charge >= 0.3 is 0 Å². The molecule has 3 heterocycles. The molecule has 2 aliphatic carbocycles. The van der Waals surface area contributed by atoms with Crippen LogP contribution in [0.3, 0.4) is 0 Å². The molecule has 0 radical (unpaired) electrons. The van der Waals surface area contributed by atoms with Gasteiger partial charge in [-0.3, -0.25) is 4.79 Å².